The molecule has 0 aliphatic carbocycles. The van der Waals surface area contributed by atoms with Crippen LogP contribution in [0.1, 0.15) is 19.4 Å². The number of anilines is 1. The van der Waals surface area contributed by atoms with Gasteiger partial charge in [0.2, 0.25) is 10.0 Å². The first-order valence-corrected chi connectivity index (χ1v) is 8.79. The van der Waals surface area contributed by atoms with Gasteiger partial charge in [-0.15, -0.1) is 0 Å². The average molecular weight is 347 g/mol. The van der Waals surface area contributed by atoms with Crippen LogP contribution in [0.3, 0.4) is 0 Å². The molecule has 126 valence electrons. The van der Waals surface area contributed by atoms with Crippen LogP contribution in [0.25, 0.3) is 0 Å². The van der Waals surface area contributed by atoms with E-state index in [1.165, 1.54) is 18.2 Å². The fourth-order valence-electron chi connectivity index (χ4n) is 2.22. The molecular weight excluding hydrogens is 330 g/mol. The van der Waals surface area contributed by atoms with E-state index in [0.717, 1.165) is 5.56 Å². The fourth-order valence-corrected chi connectivity index (χ4v) is 3.26. The number of aromatic nitrogens is 1. The van der Waals surface area contributed by atoms with Crippen LogP contribution in [0, 0.1) is 0 Å². The van der Waals surface area contributed by atoms with Crippen molar-refractivity contribution in [1.29, 1.82) is 0 Å². The van der Waals surface area contributed by atoms with Gasteiger partial charge in [0.05, 0.1) is 10.6 Å². The number of fused-ring (bicyclic) bond motifs is 1. The predicted octanol–water partition coefficient (Wildman–Crippen LogP) is 1.67. The van der Waals surface area contributed by atoms with Crippen LogP contribution in [-0.2, 0) is 21.4 Å². The van der Waals surface area contributed by atoms with E-state index in [2.05, 4.69) is 15.0 Å². The van der Waals surface area contributed by atoms with Crippen molar-refractivity contribution in [3.05, 3.63) is 48.3 Å². The van der Waals surface area contributed by atoms with Crippen LogP contribution in [0.4, 0.5) is 5.69 Å². The van der Waals surface area contributed by atoms with Gasteiger partial charge in [-0.05, 0) is 43.7 Å². The third-order valence-electron chi connectivity index (χ3n) is 3.61. The number of sulfonamides is 1. The van der Waals surface area contributed by atoms with Crippen LogP contribution in [0.2, 0.25) is 0 Å². The molecule has 1 aliphatic heterocycles. The number of carbonyl (C=O) groups is 1. The Kier molecular flexibility index (Phi) is 4.02. The molecule has 0 unspecified atom stereocenters. The Morgan fingerprint density at radius 3 is 2.79 bits per heavy atom. The number of hydrogen-bond donors (Lipinski definition) is 2. The Hall–Kier alpha value is -2.45. The van der Waals surface area contributed by atoms with Gasteiger partial charge in [0.15, 0.2) is 5.60 Å². The van der Waals surface area contributed by atoms with Crippen LogP contribution in [-0.4, -0.2) is 24.9 Å². The Morgan fingerprint density at radius 1 is 1.29 bits per heavy atom. The zero-order valence-electron chi connectivity index (χ0n) is 13.2. The van der Waals surface area contributed by atoms with Crippen molar-refractivity contribution in [2.45, 2.75) is 30.9 Å². The molecule has 0 fully saturated rings. The first-order chi connectivity index (χ1) is 11.3. The third-order valence-corrected chi connectivity index (χ3v) is 5.01. The molecule has 0 spiro atoms. The first kappa shape index (κ1) is 16.4. The van der Waals surface area contributed by atoms with Gasteiger partial charge >= 0.3 is 0 Å². The van der Waals surface area contributed by atoms with Crippen molar-refractivity contribution >= 4 is 21.6 Å². The number of amides is 1. The molecular formula is C16H17N3O4S. The number of rotatable bonds is 4. The number of nitrogens with zero attached hydrogens (tertiary/aromatic N) is 1. The lowest BCUT2D eigenvalue weighted by molar-refractivity contribution is -0.129. The van der Waals surface area contributed by atoms with E-state index < -0.39 is 15.6 Å². The quantitative estimate of drug-likeness (QED) is 0.877. The monoisotopic (exact) mass is 347 g/mol. The van der Waals surface area contributed by atoms with Gasteiger partial charge in [-0.25, -0.2) is 13.1 Å². The van der Waals surface area contributed by atoms with Crippen LogP contribution >= 0.6 is 0 Å². The van der Waals surface area contributed by atoms with Gasteiger partial charge in [-0.2, -0.15) is 0 Å². The summed E-state index contributed by atoms with van der Waals surface area (Å²) in [7, 11) is -3.72. The summed E-state index contributed by atoms with van der Waals surface area (Å²) in [5.41, 5.74) is 0.0902. The lowest BCUT2D eigenvalue weighted by Crippen LogP contribution is -2.45. The summed E-state index contributed by atoms with van der Waals surface area (Å²) in [6, 6.07) is 7.87. The van der Waals surface area contributed by atoms with Crippen molar-refractivity contribution in [3.8, 4) is 5.75 Å². The molecule has 2 N–H and O–H groups in total. The van der Waals surface area contributed by atoms with E-state index in [9.17, 15) is 13.2 Å². The molecule has 3 rings (SSSR count). The maximum Gasteiger partial charge on any atom is 0.268 e. The molecule has 0 saturated heterocycles. The van der Waals surface area contributed by atoms with Gasteiger partial charge in [0.1, 0.15) is 5.75 Å². The summed E-state index contributed by atoms with van der Waals surface area (Å²) < 4.78 is 32.9. The highest BCUT2D eigenvalue weighted by Crippen LogP contribution is 2.35. The van der Waals surface area contributed by atoms with E-state index in [-0.39, 0.29) is 17.3 Å². The number of ether oxygens (including phenoxy) is 1. The largest absolute Gasteiger partial charge is 0.476 e. The molecule has 7 nitrogen and oxygen atoms in total. The Morgan fingerprint density at radius 2 is 2.08 bits per heavy atom. The summed E-state index contributed by atoms with van der Waals surface area (Å²) >= 11 is 0. The molecule has 1 aromatic heterocycles. The highest BCUT2D eigenvalue weighted by molar-refractivity contribution is 7.89. The summed E-state index contributed by atoms with van der Waals surface area (Å²) in [6.45, 7) is 3.42. The van der Waals surface area contributed by atoms with E-state index in [0.29, 0.717) is 11.4 Å². The smallest absolute Gasteiger partial charge is 0.268 e. The van der Waals surface area contributed by atoms with E-state index >= 15 is 0 Å². The van der Waals surface area contributed by atoms with E-state index in [4.69, 9.17) is 4.74 Å². The summed E-state index contributed by atoms with van der Waals surface area (Å²) in [5, 5.41) is 2.67. The van der Waals surface area contributed by atoms with Gasteiger partial charge < -0.3 is 10.1 Å². The third kappa shape index (κ3) is 3.24. The summed E-state index contributed by atoms with van der Waals surface area (Å²) in [6.07, 6.45) is 3.21. The zero-order chi connectivity index (χ0) is 17.4. The average Bonchev–Trinajstić information content (AvgIpc) is 2.54. The minimum absolute atomic E-state index is 0.0498. The second-order valence-electron chi connectivity index (χ2n) is 5.91. The second-order valence-corrected chi connectivity index (χ2v) is 7.68. The van der Waals surface area contributed by atoms with Crippen molar-refractivity contribution in [3.63, 3.8) is 0 Å². The predicted molar refractivity (Wildman–Crippen MR) is 88.0 cm³/mol. The molecule has 1 amide bonds. The SMILES string of the molecule is CC1(C)Oc2ccc(S(=O)(=O)NCc3cccnc3)cc2NC1=O. The van der Waals surface area contributed by atoms with Gasteiger partial charge in [0, 0.05) is 18.9 Å². The van der Waals surface area contributed by atoms with Gasteiger partial charge in [-0.1, -0.05) is 6.07 Å². The molecule has 2 aromatic rings. The fraction of sp³-hybridized carbons (Fsp3) is 0.250. The van der Waals surface area contributed by atoms with E-state index in [1.54, 1.807) is 38.4 Å². The lowest BCUT2D eigenvalue weighted by atomic mass is 10.1. The summed E-state index contributed by atoms with van der Waals surface area (Å²) in [4.78, 5) is 15.9. The first-order valence-electron chi connectivity index (χ1n) is 7.31. The molecule has 0 saturated carbocycles. The molecule has 0 radical (unpaired) electrons. The van der Waals surface area contributed by atoms with Crippen molar-refractivity contribution in [2.75, 3.05) is 5.32 Å². The maximum absolute atomic E-state index is 12.4. The molecule has 24 heavy (non-hydrogen) atoms. The maximum atomic E-state index is 12.4. The molecule has 8 heteroatoms. The number of hydrogen-bond acceptors (Lipinski definition) is 5. The Balaban J connectivity index is 1.82. The van der Waals surface area contributed by atoms with Crippen molar-refractivity contribution in [1.82, 2.24) is 9.71 Å². The Labute approximate surface area is 140 Å². The lowest BCUT2D eigenvalue weighted by Gasteiger charge is -2.31. The van der Waals surface area contributed by atoms with Crippen LogP contribution in [0.5, 0.6) is 5.75 Å². The Bertz CT molecular complexity index is 879. The van der Waals surface area contributed by atoms with Gasteiger partial charge in [0.25, 0.3) is 5.91 Å². The number of nitrogens with one attached hydrogen (secondary N) is 2. The minimum Gasteiger partial charge on any atom is -0.476 e. The molecule has 1 aromatic carbocycles. The number of benzene rings is 1. The standard InChI is InChI=1S/C16H17N3O4S/c1-16(2)15(20)19-13-8-12(5-6-14(13)23-16)24(21,22)18-10-11-4-3-7-17-9-11/h3-9,18H,10H2,1-2H3,(H,19,20). The molecule has 2 heterocycles. The van der Waals surface area contributed by atoms with Gasteiger partial charge in [-0.3, -0.25) is 9.78 Å². The number of pyridine rings is 1. The van der Waals surface area contributed by atoms with Crippen LogP contribution in [0.15, 0.2) is 47.6 Å². The minimum atomic E-state index is -3.72. The topological polar surface area (TPSA) is 97.4 Å². The van der Waals surface area contributed by atoms with Crippen molar-refractivity contribution in [2.24, 2.45) is 0 Å². The molecule has 0 bridgehead atoms. The normalized spacial score (nSPS) is 16.0. The molecule has 1 aliphatic rings. The van der Waals surface area contributed by atoms with Crippen LogP contribution < -0.4 is 14.8 Å². The second kappa shape index (κ2) is 5.88. The van der Waals surface area contributed by atoms with Crippen molar-refractivity contribution < 1.29 is 17.9 Å². The zero-order valence-corrected chi connectivity index (χ0v) is 14.1. The number of carbonyl (C=O) groups excluding carboxylic acids is 1. The highest BCUT2D eigenvalue weighted by atomic mass is 32.2. The van der Waals surface area contributed by atoms with E-state index in [1.807, 2.05) is 0 Å². The highest BCUT2D eigenvalue weighted by Gasteiger charge is 2.35. The summed E-state index contributed by atoms with van der Waals surface area (Å²) in [5.74, 6) is 0.110. The molecule has 0 atom stereocenters.